The maximum atomic E-state index is 5.48. The summed E-state index contributed by atoms with van der Waals surface area (Å²) in [6, 6.07) is 6.10. The zero-order chi connectivity index (χ0) is 9.80. The number of hydrogen-bond acceptors (Lipinski definition) is 3. The minimum absolute atomic E-state index is 0.563. The van der Waals surface area contributed by atoms with Crippen LogP contribution in [0.5, 0.6) is 11.9 Å². The molecule has 0 aliphatic heterocycles. The quantitative estimate of drug-likeness (QED) is 0.742. The van der Waals surface area contributed by atoms with E-state index in [0.717, 1.165) is 6.54 Å². The number of rotatable bonds is 3. The summed E-state index contributed by atoms with van der Waals surface area (Å²) >= 11 is 0. The molecule has 14 heavy (non-hydrogen) atoms. The molecule has 2 rings (SSSR count). The molecule has 0 spiro atoms. The van der Waals surface area contributed by atoms with Gasteiger partial charge < -0.3 is 9.30 Å². The molecule has 0 N–H and O–H groups in total. The first-order valence-electron chi connectivity index (χ1n) is 4.50. The zero-order valence-electron chi connectivity index (χ0n) is 7.92. The van der Waals surface area contributed by atoms with Crippen LogP contribution in [0.4, 0.5) is 0 Å². The van der Waals surface area contributed by atoms with Crippen LogP contribution in [-0.4, -0.2) is 14.5 Å². The summed E-state index contributed by atoms with van der Waals surface area (Å²) in [7, 11) is 0. The minimum atomic E-state index is 0.563. The van der Waals surface area contributed by atoms with Crippen molar-refractivity contribution in [2.45, 2.75) is 13.5 Å². The van der Waals surface area contributed by atoms with Gasteiger partial charge in [-0.1, -0.05) is 6.07 Å². The predicted octanol–water partition coefficient (Wildman–Crippen LogP) is 2.09. The van der Waals surface area contributed by atoms with Gasteiger partial charge in [-0.15, -0.1) is 0 Å². The predicted molar refractivity (Wildman–Crippen MR) is 52.2 cm³/mol. The highest BCUT2D eigenvalue weighted by atomic mass is 16.5. The molecular weight excluding hydrogens is 178 g/mol. The lowest BCUT2D eigenvalue weighted by Crippen LogP contribution is -1.97. The van der Waals surface area contributed by atoms with E-state index >= 15 is 0 Å². The van der Waals surface area contributed by atoms with Crippen LogP contribution in [-0.2, 0) is 6.54 Å². The number of ether oxygens (including phenoxy) is 1. The van der Waals surface area contributed by atoms with Gasteiger partial charge in [0.05, 0.1) is 0 Å². The van der Waals surface area contributed by atoms with E-state index in [9.17, 15) is 0 Å². The summed E-state index contributed by atoms with van der Waals surface area (Å²) in [6.07, 6.45) is 5.27. The third-order valence-electron chi connectivity index (χ3n) is 1.85. The lowest BCUT2D eigenvalue weighted by Gasteiger charge is -2.04. The molecule has 0 radical (unpaired) electrons. The summed E-state index contributed by atoms with van der Waals surface area (Å²) in [5.74, 6) is 0.563. The molecule has 0 amide bonds. The highest BCUT2D eigenvalue weighted by molar-refractivity contribution is 5.14. The van der Waals surface area contributed by atoms with E-state index in [1.807, 2.05) is 29.8 Å². The Bertz CT molecular complexity index is 397. The van der Waals surface area contributed by atoms with Crippen molar-refractivity contribution in [2.24, 2.45) is 0 Å². The third-order valence-corrected chi connectivity index (χ3v) is 1.85. The van der Waals surface area contributed by atoms with Gasteiger partial charge in [0.2, 0.25) is 5.88 Å². The van der Waals surface area contributed by atoms with E-state index in [2.05, 4.69) is 9.97 Å². The van der Waals surface area contributed by atoms with Crippen LogP contribution in [0.15, 0.2) is 36.8 Å². The summed E-state index contributed by atoms with van der Waals surface area (Å²) in [6.45, 7) is 2.87. The molecule has 2 aromatic heterocycles. The van der Waals surface area contributed by atoms with E-state index in [4.69, 9.17) is 4.74 Å². The molecule has 4 heteroatoms. The van der Waals surface area contributed by atoms with Gasteiger partial charge in [0, 0.05) is 31.2 Å². The van der Waals surface area contributed by atoms with Crippen LogP contribution >= 0.6 is 0 Å². The van der Waals surface area contributed by atoms with Gasteiger partial charge >= 0.3 is 6.01 Å². The van der Waals surface area contributed by atoms with Crippen molar-refractivity contribution in [3.8, 4) is 11.9 Å². The van der Waals surface area contributed by atoms with Gasteiger partial charge in [-0.25, -0.2) is 9.97 Å². The topological polar surface area (TPSA) is 39.9 Å². The monoisotopic (exact) mass is 189 g/mol. The number of aromatic nitrogens is 3. The number of pyridine rings is 1. The van der Waals surface area contributed by atoms with Crippen LogP contribution < -0.4 is 4.74 Å². The highest BCUT2D eigenvalue weighted by Crippen LogP contribution is 2.15. The molecule has 4 nitrogen and oxygen atoms in total. The Labute approximate surface area is 82.2 Å². The molecule has 0 saturated heterocycles. The minimum Gasteiger partial charge on any atom is -0.406 e. The first-order valence-corrected chi connectivity index (χ1v) is 4.50. The zero-order valence-corrected chi connectivity index (χ0v) is 7.92. The second kappa shape index (κ2) is 3.91. The maximum Gasteiger partial charge on any atom is 0.303 e. The third kappa shape index (κ3) is 1.74. The van der Waals surface area contributed by atoms with Crippen molar-refractivity contribution in [1.29, 1.82) is 0 Å². The molecule has 0 bridgehead atoms. The SMILES string of the molecule is CCn1ccnc1Oc1ccccn1. The Balaban J connectivity index is 2.19. The van der Waals surface area contributed by atoms with Crippen LogP contribution in [0.1, 0.15) is 6.92 Å². The smallest absolute Gasteiger partial charge is 0.303 e. The molecule has 0 saturated carbocycles. The van der Waals surface area contributed by atoms with Gasteiger partial charge in [-0.2, -0.15) is 0 Å². The Kier molecular flexibility index (Phi) is 2.44. The van der Waals surface area contributed by atoms with Crippen molar-refractivity contribution in [3.63, 3.8) is 0 Å². The largest absolute Gasteiger partial charge is 0.406 e. The van der Waals surface area contributed by atoms with Gasteiger partial charge in [0.25, 0.3) is 0 Å². The molecule has 2 heterocycles. The number of imidazole rings is 1. The van der Waals surface area contributed by atoms with E-state index in [1.165, 1.54) is 0 Å². The first-order chi connectivity index (χ1) is 6.90. The van der Waals surface area contributed by atoms with Gasteiger partial charge in [-0.05, 0) is 13.0 Å². The molecular formula is C10H11N3O. The average molecular weight is 189 g/mol. The fourth-order valence-electron chi connectivity index (χ4n) is 1.14. The molecule has 0 unspecified atom stereocenters. The number of aryl methyl sites for hydroxylation is 1. The van der Waals surface area contributed by atoms with E-state index in [-0.39, 0.29) is 0 Å². The average Bonchev–Trinajstić information content (AvgIpc) is 2.67. The Morgan fingerprint density at radius 3 is 2.93 bits per heavy atom. The van der Waals surface area contributed by atoms with Crippen molar-refractivity contribution in [1.82, 2.24) is 14.5 Å². The summed E-state index contributed by atoms with van der Waals surface area (Å²) in [5, 5.41) is 0. The number of nitrogens with zero attached hydrogens (tertiary/aromatic N) is 3. The summed E-state index contributed by atoms with van der Waals surface area (Å²) in [5.41, 5.74) is 0. The number of hydrogen-bond donors (Lipinski definition) is 0. The highest BCUT2D eigenvalue weighted by Gasteiger charge is 2.03. The second-order valence-corrected chi connectivity index (χ2v) is 2.77. The Morgan fingerprint density at radius 1 is 1.29 bits per heavy atom. The van der Waals surface area contributed by atoms with E-state index in [0.29, 0.717) is 11.9 Å². The van der Waals surface area contributed by atoms with Crippen LogP contribution in [0.2, 0.25) is 0 Å². The molecule has 0 aliphatic rings. The van der Waals surface area contributed by atoms with Crippen molar-refractivity contribution < 1.29 is 4.74 Å². The van der Waals surface area contributed by atoms with Crippen LogP contribution in [0.3, 0.4) is 0 Å². The molecule has 0 aromatic carbocycles. The lowest BCUT2D eigenvalue weighted by atomic mass is 10.5. The van der Waals surface area contributed by atoms with Crippen molar-refractivity contribution in [2.75, 3.05) is 0 Å². The summed E-state index contributed by atoms with van der Waals surface area (Å²) < 4.78 is 7.39. The van der Waals surface area contributed by atoms with Crippen LogP contribution in [0, 0.1) is 0 Å². The van der Waals surface area contributed by atoms with E-state index in [1.54, 1.807) is 18.5 Å². The van der Waals surface area contributed by atoms with E-state index < -0.39 is 0 Å². The molecule has 2 aromatic rings. The summed E-state index contributed by atoms with van der Waals surface area (Å²) in [4.78, 5) is 8.14. The van der Waals surface area contributed by atoms with Gasteiger partial charge in [-0.3, -0.25) is 0 Å². The van der Waals surface area contributed by atoms with Crippen molar-refractivity contribution in [3.05, 3.63) is 36.8 Å². The lowest BCUT2D eigenvalue weighted by molar-refractivity contribution is 0.401. The van der Waals surface area contributed by atoms with Crippen LogP contribution in [0.25, 0.3) is 0 Å². The molecule has 0 aliphatic carbocycles. The second-order valence-electron chi connectivity index (χ2n) is 2.77. The molecule has 72 valence electrons. The van der Waals surface area contributed by atoms with Crippen molar-refractivity contribution >= 4 is 0 Å². The van der Waals surface area contributed by atoms with Gasteiger partial charge in [0.15, 0.2) is 0 Å². The Morgan fingerprint density at radius 2 is 2.21 bits per heavy atom. The standard InChI is InChI=1S/C10H11N3O/c1-2-13-8-7-12-10(13)14-9-5-3-4-6-11-9/h3-8H,2H2,1H3. The normalized spacial score (nSPS) is 10.1. The molecule has 0 atom stereocenters. The first kappa shape index (κ1) is 8.74. The fraction of sp³-hybridized carbons (Fsp3) is 0.200. The fourth-order valence-corrected chi connectivity index (χ4v) is 1.14. The van der Waals surface area contributed by atoms with Gasteiger partial charge in [0.1, 0.15) is 0 Å². The molecule has 0 fully saturated rings. The Hall–Kier alpha value is -1.84. The maximum absolute atomic E-state index is 5.48.